The van der Waals surface area contributed by atoms with Crippen LogP contribution in [-0.2, 0) is 6.61 Å². The monoisotopic (exact) mass is 433 g/mol. The fourth-order valence-corrected chi connectivity index (χ4v) is 3.22. The highest BCUT2D eigenvalue weighted by Gasteiger charge is 2.26. The van der Waals surface area contributed by atoms with Crippen molar-refractivity contribution in [3.05, 3.63) is 98.1 Å². The summed E-state index contributed by atoms with van der Waals surface area (Å²) in [6.07, 6.45) is 0. The summed E-state index contributed by atoms with van der Waals surface area (Å²) in [5, 5.41) is 41.1. The van der Waals surface area contributed by atoms with Gasteiger partial charge in [-0.3, -0.25) is 20.2 Å². The first kappa shape index (κ1) is 20.8. The largest absolute Gasteiger partial charge is 0.392 e. The molecule has 1 heterocycles. The number of aliphatic hydroxyl groups is 1. The number of nitro groups is 2. The Morgan fingerprint density at radius 3 is 2.28 bits per heavy atom. The van der Waals surface area contributed by atoms with E-state index in [9.17, 15) is 25.3 Å². The zero-order valence-corrected chi connectivity index (χ0v) is 16.8. The van der Waals surface area contributed by atoms with Crippen LogP contribution in [0.5, 0.6) is 0 Å². The van der Waals surface area contributed by atoms with Crippen LogP contribution in [0.3, 0.4) is 0 Å². The average molecular weight is 433 g/mol. The van der Waals surface area contributed by atoms with Crippen LogP contribution in [0, 0.1) is 27.2 Å². The van der Waals surface area contributed by atoms with Gasteiger partial charge in [0.25, 0.3) is 11.4 Å². The summed E-state index contributed by atoms with van der Waals surface area (Å²) < 4.78 is 0. The number of tetrazole rings is 1. The lowest BCUT2D eigenvalue weighted by atomic mass is 10.1. The molecule has 0 saturated heterocycles. The molecule has 0 atom stereocenters. The normalized spacial score (nSPS) is 10.8. The molecule has 0 unspecified atom stereocenters. The third-order valence-electron chi connectivity index (χ3n) is 4.79. The molecule has 4 aromatic rings. The van der Waals surface area contributed by atoms with Crippen LogP contribution in [0.2, 0.25) is 0 Å². The van der Waals surface area contributed by atoms with Gasteiger partial charge >= 0.3 is 5.82 Å². The number of hydrogen-bond donors (Lipinski definition) is 1. The Morgan fingerprint density at radius 1 is 0.969 bits per heavy atom. The minimum absolute atomic E-state index is 0.0780. The standard InChI is InChI=1S/C21H17N6O5/c1-14-3-2-4-15(11-14)21-22-24(17-5-7-18(8-6-17)26(29)30)25(23-21)20-10-9-19(27(31)32)12-16(20)13-28/h2-12,28H,13H2,1H3/q+1. The van der Waals surface area contributed by atoms with E-state index in [0.29, 0.717) is 17.2 Å². The third kappa shape index (κ3) is 3.91. The topological polar surface area (TPSA) is 141 Å². The Bertz CT molecular complexity index is 1330. The van der Waals surface area contributed by atoms with E-state index in [1.807, 2.05) is 31.2 Å². The second kappa shape index (κ2) is 8.32. The second-order valence-corrected chi connectivity index (χ2v) is 6.97. The number of aryl methyl sites for hydroxylation is 1. The molecule has 4 rings (SSSR count). The van der Waals surface area contributed by atoms with E-state index >= 15 is 0 Å². The molecule has 0 amide bonds. The molecule has 1 aromatic heterocycles. The second-order valence-electron chi connectivity index (χ2n) is 6.97. The summed E-state index contributed by atoms with van der Waals surface area (Å²) in [5.41, 5.74) is 2.63. The quantitative estimate of drug-likeness (QED) is 0.280. The van der Waals surface area contributed by atoms with Gasteiger partial charge in [0, 0.05) is 34.6 Å². The molecule has 0 radical (unpaired) electrons. The number of aliphatic hydroxyl groups excluding tert-OH is 1. The zero-order valence-electron chi connectivity index (χ0n) is 16.8. The predicted molar refractivity (Wildman–Crippen MR) is 112 cm³/mol. The summed E-state index contributed by atoms with van der Waals surface area (Å²) in [6, 6.07) is 17.3. The molecule has 0 bridgehead atoms. The van der Waals surface area contributed by atoms with Gasteiger partial charge in [0.2, 0.25) is 0 Å². The van der Waals surface area contributed by atoms with Crippen molar-refractivity contribution in [3.8, 4) is 22.8 Å². The lowest BCUT2D eigenvalue weighted by Gasteiger charge is -2.04. The van der Waals surface area contributed by atoms with Crippen molar-refractivity contribution in [1.82, 2.24) is 15.0 Å². The molecule has 11 heteroatoms. The van der Waals surface area contributed by atoms with E-state index in [1.165, 1.54) is 52.1 Å². The number of nitrogens with zero attached hydrogens (tertiary/aromatic N) is 6. The third-order valence-corrected chi connectivity index (χ3v) is 4.79. The van der Waals surface area contributed by atoms with Crippen LogP contribution < -0.4 is 4.80 Å². The van der Waals surface area contributed by atoms with Gasteiger partial charge in [0.05, 0.1) is 27.1 Å². The molecule has 0 saturated carbocycles. The predicted octanol–water partition coefficient (Wildman–Crippen LogP) is 2.83. The summed E-state index contributed by atoms with van der Waals surface area (Å²) >= 11 is 0. The highest BCUT2D eigenvalue weighted by molar-refractivity contribution is 5.55. The Labute approximate surface area is 181 Å². The van der Waals surface area contributed by atoms with Crippen molar-refractivity contribution in [2.24, 2.45) is 0 Å². The van der Waals surface area contributed by atoms with Crippen molar-refractivity contribution >= 4 is 11.4 Å². The minimum atomic E-state index is -0.549. The summed E-state index contributed by atoms with van der Waals surface area (Å²) in [7, 11) is 0. The first-order valence-corrected chi connectivity index (χ1v) is 9.47. The number of aromatic nitrogens is 4. The molecule has 32 heavy (non-hydrogen) atoms. The van der Waals surface area contributed by atoms with Gasteiger partial charge < -0.3 is 5.11 Å². The van der Waals surface area contributed by atoms with Crippen LogP contribution in [0.4, 0.5) is 11.4 Å². The molecule has 0 aliphatic carbocycles. The lowest BCUT2D eigenvalue weighted by molar-refractivity contribution is -0.735. The Morgan fingerprint density at radius 2 is 1.66 bits per heavy atom. The van der Waals surface area contributed by atoms with E-state index in [-0.39, 0.29) is 16.9 Å². The van der Waals surface area contributed by atoms with Gasteiger partial charge in [-0.15, -0.1) is 0 Å². The lowest BCUT2D eigenvalue weighted by Crippen LogP contribution is -2.44. The maximum absolute atomic E-state index is 11.1. The van der Waals surface area contributed by atoms with E-state index in [0.717, 1.165) is 11.1 Å². The highest BCUT2D eigenvalue weighted by Crippen LogP contribution is 2.21. The molecular weight excluding hydrogens is 416 g/mol. The fraction of sp³-hybridized carbons (Fsp3) is 0.0952. The van der Waals surface area contributed by atoms with Crippen molar-refractivity contribution in [2.45, 2.75) is 13.5 Å². The Hall–Kier alpha value is -4.51. The molecule has 1 N–H and O–H groups in total. The van der Waals surface area contributed by atoms with E-state index < -0.39 is 16.5 Å². The van der Waals surface area contributed by atoms with Crippen LogP contribution in [0.15, 0.2) is 66.7 Å². The molecule has 0 aliphatic heterocycles. The van der Waals surface area contributed by atoms with Crippen molar-refractivity contribution in [2.75, 3.05) is 0 Å². The number of non-ortho nitro benzene ring substituents is 2. The van der Waals surface area contributed by atoms with E-state index in [1.54, 1.807) is 0 Å². The number of hydrogen-bond acceptors (Lipinski definition) is 7. The number of benzene rings is 3. The number of rotatable bonds is 6. The van der Waals surface area contributed by atoms with Gasteiger partial charge in [-0.1, -0.05) is 17.7 Å². The van der Waals surface area contributed by atoms with Gasteiger partial charge in [0.1, 0.15) is 5.69 Å². The van der Waals surface area contributed by atoms with Crippen LogP contribution >= 0.6 is 0 Å². The summed E-state index contributed by atoms with van der Waals surface area (Å²) in [4.78, 5) is 23.9. The van der Waals surface area contributed by atoms with Crippen molar-refractivity contribution < 1.29 is 19.7 Å². The van der Waals surface area contributed by atoms with Gasteiger partial charge in [-0.05, 0) is 47.2 Å². The molecular formula is C21H17N6O5+. The molecule has 11 nitrogen and oxygen atoms in total. The summed E-state index contributed by atoms with van der Waals surface area (Å²) in [5.74, 6) is 0.370. The average Bonchev–Trinajstić information content (AvgIpc) is 3.24. The van der Waals surface area contributed by atoms with Crippen LogP contribution in [0.1, 0.15) is 11.1 Å². The van der Waals surface area contributed by atoms with Crippen LogP contribution in [0.25, 0.3) is 22.8 Å². The number of nitro benzene ring substituents is 2. The van der Waals surface area contributed by atoms with E-state index in [2.05, 4.69) is 10.2 Å². The van der Waals surface area contributed by atoms with Gasteiger partial charge in [-0.2, -0.15) is 0 Å². The Balaban J connectivity index is 1.92. The summed E-state index contributed by atoms with van der Waals surface area (Å²) in [6.45, 7) is 1.47. The maximum atomic E-state index is 11.1. The zero-order chi connectivity index (χ0) is 22.8. The molecule has 0 aliphatic rings. The molecule has 160 valence electrons. The fourth-order valence-electron chi connectivity index (χ4n) is 3.22. The highest BCUT2D eigenvalue weighted by atomic mass is 16.6. The minimum Gasteiger partial charge on any atom is -0.392 e. The first-order valence-electron chi connectivity index (χ1n) is 9.47. The first-order chi connectivity index (χ1) is 15.4. The SMILES string of the molecule is Cc1cccc(-c2nn(-c3ccc([N+](=O)[O-])cc3)[n+](-c3ccc([N+](=O)[O-])cc3CO)n2)c1. The molecule has 0 spiro atoms. The Kier molecular flexibility index (Phi) is 5.39. The van der Waals surface area contributed by atoms with Crippen LogP contribution in [-0.4, -0.2) is 29.9 Å². The maximum Gasteiger partial charge on any atom is 0.340 e. The molecule has 3 aromatic carbocycles. The molecule has 0 fully saturated rings. The van der Waals surface area contributed by atoms with E-state index in [4.69, 9.17) is 0 Å². The smallest absolute Gasteiger partial charge is 0.340 e. The van der Waals surface area contributed by atoms with Gasteiger partial charge in [-0.25, -0.2) is 0 Å². The van der Waals surface area contributed by atoms with Gasteiger partial charge in [0.15, 0.2) is 5.69 Å². The van der Waals surface area contributed by atoms with Crippen molar-refractivity contribution in [3.63, 3.8) is 0 Å². The van der Waals surface area contributed by atoms with Crippen molar-refractivity contribution in [1.29, 1.82) is 0 Å².